The first-order valence-electron chi connectivity index (χ1n) is 6.25. The van der Waals surface area contributed by atoms with Gasteiger partial charge in [-0.3, -0.25) is 5.10 Å². The molecule has 1 aromatic carbocycles. The van der Waals surface area contributed by atoms with Gasteiger partial charge in [-0.2, -0.15) is 5.10 Å². The molecule has 0 unspecified atom stereocenters. The van der Waals surface area contributed by atoms with Gasteiger partial charge in [0, 0.05) is 11.6 Å². The minimum absolute atomic E-state index is 0.311. The first-order valence-corrected chi connectivity index (χ1v) is 7.04. The van der Waals surface area contributed by atoms with E-state index in [4.69, 9.17) is 15.2 Å². The van der Waals surface area contributed by atoms with E-state index >= 15 is 0 Å². The van der Waals surface area contributed by atoms with Crippen LogP contribution in [-0.4, -0.2) is 24.4 Å². The molecule has 0 aliphatic rings. The van der Waals surface area contributed by atoms with Crippen LogP contribution < -0.4 is 15.2 Å². The molecule has 0 atom stereocenters. The predicted molar refractivity (Wildman–Crippen MR) is 83.3 cm³/mol. The van der Waals surface area contributed by atoms with E-state index in [1.165, 1.54) is 0 Å². The van der Waals surface area contributed by atoms with E-state index < -0.39 is 0 Å². The molecule has 0 fully saturated rings. The molecule has 1 heterocycles. The third kappa shape index (κ3) is 2.47. The van der Waals surface area contributed by atoms with Gasteiger partial charge < -0.3 is 15.2 Å². The zero-order chi connectivity index (χ0) is 14.9. The molecule has 20 heavy (non-hydrogen) atoms. The Morgan fingerprint density at radius 2 is 1.85 bits per heavy atom. The standard InChI is InChI=1S/C14H18BrN3O2/c1-7(2)8-5-9(10-6-11(16)18-17-10)14(20-4)12(15)13(8)19-3/h5-7H,1-4H3,(H3,16,17,18). The highest BCUT2D eigenvalue weighted by Gasteiger charge is 2.21. The van der Waals surface area contributed by atoms with Gasteiger partial charge >= 0.3 is 0 Å². The highest BCUT2D eigenvalue weighted by Crippen LogP contribution is 2.46. The number of rotatable bonds is 4. The maximum absolute atomic E-state index is 5.68. The number of ether oxygens (including phenoxy) is 2. The number of H-pyrrole nitrogens is 1. The molecule has 2 aromatic rings. The third-order valence-corrected chi connectivity index (χ3v) is 3.84. The molecule has 5 nitrogen and oxygen atoms in total. The quantitative estimate of drug-likeness (QED) is 0.893. The van der Waals surface area contributed by atoms with Crippen molar-refractivity contribution in [1.29, 1.82) is 0 Å². The highest BCUT2D eigenvalue weighted by molar-refractivity contribution is 9.10. The molecular weight excluding hydrogens is 322 g/mol. The van der Waals surface area contributed by atoms with Gasteiger partial charge in [-0.05, 0) is 33.5 Å². The molecule has 0 aliphatic heterocycles. The molecule has 0 bridgehead atoms. The van der Waals surface area contributed by atoms with E-state index in [1.807, 2.05) is 6.07 Å². The molecule has 2 rings (SSSR count). The van der Waals surface area contributed by atoms with Gasteiger partial charge in [0.15, 0.2) is 0 Å². The maximum atomic E-state index is 5.68. The molecule has 1 aromatic heterocycles. The van der Waals surface area contributed by atoms with Crippen molar-refractivity contribution in [2.45, 2.75) is 19.8 Å². The number of nitrogen functional groups attached to an aromatic ring is 1. The van der Waals surface area contributed by atoms with Crippen LogP contribution in [-0.2, 0) is 0 Å². The maximum Gasteiger partial charge on any atom is 0.146 e. The van der Waals surface area contributed by atoms with Crippen LogP contribution in [0.3, 0.4) is 0 Å². The van der Waals surface area contributed by atoms with Crippen molar-refractivity contribution >= 4 is 21.7 Å². The Morgan fingerprint density at radius 3 is 2.30 bits per heavy atom. The average Bonchev–Trinajstić information content (AvgIpc) is 2.83. The number of halogens is 1. The lowest BCUT2D eigenvalue weighted by Gasteiger charge is -2.18. The van der Waals surface area contributed by atoms with Gasteiger partial charge in [0.2, 0.25) is 0 Å². The molecule has 0 amide bonds. The lowest BCUT2D eigenvalue weighted by atomic mass is 9.97. The Morgan fingerprint density at radius 1 is 1.20 bits per heavy atom. The fourth-order valence-corrected chi connectivity index (χ4v) is 2.91. The second kappa shape index (κ2) is 5.75. The summed E-state index contributed by atoms with van der Waals surface area (Å²) in [6.07, 6.45) is 0. The van der Waals surface area contributed by atoms with Crippen LogP contribution in [0.4, 0.5) is 5.82 Å². The fraction of sp³-hybridized carbons (Fsp3) is 0.357. The Balaban J connectivity index is 2.73. The van der Waals surface area contributed by atoms with Crippen molar-refractivity contribution < 1.29 is 9.47 Å². The van der Waals surface area contributed by atoms with Gasteiger partial charge in [0.05, 0.1) is 19.9 Å². The van der Waals surface area contributed by atoms with Gasteiger partial charge in [0.25, 0.3) is 0 Å². The number of hydrogen-bond donors (Lipinski definition) is 2. The summed E-state index contributed by atoms with van der Waals surface area (Å²) >= 11 is 3.56. The van der Waals surface area contributed by atoms with E-state index in [2.05, 4.69) is 40.0 Å². The van der Waals surface area contributed by atoms with Crippen molar-refractivity contribution in [2.24, 2.45) is 0 Å². The first kappa shape index (κ1) is 14.7. The number of nitrogens with two attached hydrogens (primary N) is 1. The molecule has 0 spiro atoms. The Labute approximate surface area is 126 Å². The van der Waals surface area contributed by atoms with Crippen molar-refractivity contribution in [3.8, 4) is 22.8 Å². The number of aromatic amines is 1. The second-order valence-corrected chi connectivity index (χ2v) is 5.55. The molecule has 0 aliphatic carbocycles. The normalized spacial score (nSPS) is 10.9. The van der Waals surface area contributed by atoms with Crippen molar-refractivity contribution in [2.75, 3.05) is 20.0 Å². The van der Waals surface area contributed by atoms with E-state index in [0.717, 1.165) is 27.0 Å². The number of anilines is 1. The zero-order valence-corrected chi connectivity index (χ0v) is 13.5. The van der Waals surface area contributed by atoms with E-state index in [-0.39, 0.29) is 0 Å². The van der Waals surface area contributed by atoms with Gasteiger partial charge in [0.1, 0.15) is 21.8 Å². The topological polar surface area (TPSA) is 73.2 Å². The summed E-state index contributed by atoms with van der Waals surface area (Å²) in [6.45, 7) is 4.23. The van der Waals surface area contributed by atoms with E-state index in [0.29, 0.717) is 17.5 Å². The minimum atomic E-state index is 0.311. The van der Waals surface area contributed by atoms with Crippen LogP contribution >= 0.6 is 15.9 Å². The smallest absolute Gasteiger partial charge is 0.146 e. The molecule has 3 N–H and O–H groups in total. The number of nitrogens with one attached hydrogen (secondary N) is 1. The fourth-order valence-electron chi connectivity index (χ4n) is 2.15. The third-order valence-electron chi connectivity index (χ3n) is 3.12. The van der Waals surface area contributed by atoms with Crippen LogP contribution in [0.15, 0.2) is 16.6 Å². The summed E-state index contributed by atoms with van der Waals surface area (Å²) in [5, 5.41) is 6.88. The Kier molecular flexibility index (Phi) is 4.23. The van der Waals surface area contributed by atoms with E-state index in [1.54, 1.807) is 20.3 Å². The first-order chi connectivity index (χ1) is 9.49. The number of hydrogen-bond acceptors (Lipinski definition) is 4. The summed E-state index contributed by atoms with van der Waals surface area (Å²) in [6, 6.07) is 3.82. The molecule has 0 saturated heterocycles. The molecule has 0 radical (unpaired) electrons. The SMILES string of the molecule is COc1c(-c2cc(N)n[nH]2)cc(C(C)C)c(OC)c1Br. The van der Waals surface area contributed by atoms with Gasteiger partial charge in [-0.15, -0.1) is 0 Å². The summed E-state index contributed by atoms with van der Waals surface area (Å²) < 4.78 is 11.8. The number of nitrogens with zero attached hydrogens (tertiary/aromatic N) is 1. The van der Waals surface area contributed by atoms with E-state index in [9.17, 15) is 0 Å². The summed E-state index contributed by atoms with van der Waals surface area (Å²) in [5.41, 5.74) is 8.47. The lowest BCUT2D eigenvalue weighted by Crippen LogP contribution is -2.00. The summed E-state index contributed by atoms with van der Waals surface area (Å²) in [7, 11) is 3.27. The largest absolute Gasteiger partial charge is 0.495 e. The molecular formula is C14H18BrN3O2. The van der Waals surface area contributed by atoms with Crippen LogP contribution in [0.5, 0.6) is 11.5 Å². The Bertz CT molecular complexity index is 623. The van der Waals surface area contributed by atoms with Gasteiger partial charge in [-0.25, -0.2) is 0 Å². The highest BCUT2D eigenvalue weighted by atomic mass is 79.9. The molecule has 6 heteroatoms. The minimum Gasteiger partial charge on any atom is -0.495 e. The number of benzene rings is 1. The van der Waals surface area contributed by atoms with Crippen molar-refractivity contribution in [3.05, 3.63) is 22.2 Å². The monoisotopic (exact) mass is 339 g/mol. The van der Waals surface area contributed by atoms with Crippen LogP contribution in [0.25, 0.3) is 11.3 Å². The van der Waals surface area contributed by atoms with Gasteiger partial charge in [-0.1, -0.05) is 13.8 Å². The number of methoxy groups -OCH3 is 2. The van der Waals surface area contributed by atoms with Crippen molar-refractivity contribution in [3.63, 3.8) is 0 Å². The van der Waals surface area contributed by atoms with Crippen LogP contribution in [0, 0.1) is 0 Å². The average molecular weight is 340 g/mol. The second-order valence-electron chi connectivity index (χ2n) is 4.76. The predicted octanol–water partition coefficient (Wildman–Crippen LogP) is 3.56. The summed E-state index contributed by atoms with van der Waals surface area (Å²) in [4.78, 5) is 0. The Hall–Kier alpha value is -1.69. The molecule has 0 saturated carbocycles. The zero-order valence-electron chi connectivity index (χ0n) is 12.0. The van der Waals surface area contributed by atoms with Crippen LogP contribution in [0.1, 0.15) is 25.3 Å². The summed E-state index contributed by atoms with van der Waals surface area (Å²) in [5.74, 6) is 2.23. The number of aromatic nitrogens is 2. The molecule has 108 valence electrons. The lowest BCUT2D eigenvalue weighted by molar-refractivity contribution is 0.386. The van der Waals surface area contributed by atoms with Crippen LogP contribution in [0.2, 0.25) is 0 Å². The van der Waals surface area contributed by atoms with Crippen molar-refractivity contribution in [1.82, 2.24) is 10.2 Å².